The van der Waals surface area contributed by atoms with Crippen molar-refractivity contribution in [2.45, 2.75) is 18.9 Å². The summed E-state index contributed by atoms with van der Waals surface area (Å²) in [6.07, 6.45) is 0.357. The maximum absolute atomic E-state index is 12.5. The van der Waals surface area contributed by atoms with Crippen LogP contribution in [0.25, 0.3) is 11.0 Å². The Labute approximate surface area is 121 Å². The zero-order valence-electron chi connectivity index (χ0n) is 11.6. The first kappa shape index (κ1) is 13.6. The van der Waals surface area contributed by atoms with Gasteiger partial charge in [0.2, 0.25) is 0 Å². The molecule has 0 spiro atoms. The molecule has 6 heteroatoms. The van der Waals surface area contributed by atoms with Crippen LogP contribution in [0.4, 0.5) is 4.79 Å². The molecule has 1 unspecified atom stereocenters. The van der Waals surface area contributed by atoms with Crippen molar-refractivity contribution in [3.8, 4) is 0 Å². The van der Waals surface area contributed by atoms with Crippen LogP contribution < -0.4 is 5.32 Å². The van der Waals surface area contributed by atoms with Crippen molar-refractivity contribution in [2.24, 2.45) is 0 Å². The largest absolute Gasteiger partial charge is 0.458 e. The minimum Gasteiger partial charge on any atom is -0.458 e. The molecule has 2 heterocycles. The summed E-state index contributed by atoms with van der Waals surface area (Å²) in [5.41, 5.74) is -0.532. The number of hydrogen-bond donors (Lipinski definition) is 2. The molecule has 110 valence electrons. The van der Waals surface area contributed by atoms with E-state index in [1.807, 2.05) is 24.3 Å². The van der Waals surface area contributed by atoms with E-state index in [9.17, 15) is 9.59 Å². The number of para-hydroxylation sites is 1. The van der Waals surface area contributed by atoms with Gasteiger partial charge in [-0.3, -0.25) is 9.69 Å². The number of carbonyl (C=O) groups excluding carboxylic acids is 2. The number of nitrogens with one attached hydrogen (secondary N) is 1. The Kier molecular flexibility index (Phi) is 3.17. The monoisotopic (exact) mass is 288 g/mol. The normalized spacial score (nSPS) is 22.1. The maximum atomic E-state index is 12.5. The Bertz CT molecular complexity index is 676. The van der Waals surface area contributed by atoms with Crippen molar-refractivity contribution in [1.29, 1.82) is 0 Å². The number of rotatable bonds is 4. The van der Waals surface area contributed by atoms with Crippen molar-refractivity contribution in [3.05, 3.63) is 36.1 Å². The van der Waals surface area contributed by atoms with Crippen LogP contribution in [0.2, 0.25) is 0 Å². The molecule has 0 aliphatic carbocycles. The lowest BCUT2D eigenvalue weighted by Gasteiger charge is -2.18. The highest BCUT2D eigenvalue weighted by Crippen LogP contribution is 2.32. The standard InChI is InChI=1S/C15H16N2O4/c1-15(12-9-10-5-2-3-6-11(10)21-12)13(19)17(7-4-8-18)14(20)16-15/h2-3,5-6,9,18H,4,7-8H2,1H3,(H,16,20). The second-order valence-corrected chi connectivity index (χ2v) is 5.24. The fraction of sp³-hybridized carbons (Fsp3) is 0.333. The van der Waals surface area contributed by atoms with Gasteiger partial charge in [-0.25, -0.2) is 4.79 Å². The number of amides is 3. The van der Waals surface area contributed by atoms with Crippen molar-refractivity contribution < 1.29 is 19.1 Å². The third-order valence-electron chi connectivity index (χ3n) is 3.73. The minimum absolute atomic E-state index is 0.0710. The fourth-order valence-electron chi connectivity index (χ4n) is 2.52. The Morgan fingerprint density at radius 1 is 1.33 bits per heavy atom. The second-order valence-electron chi connectivity index (χ2n) is 5.24. The molecule has 3 rings (SSSR count). The third kappa shape index (κ3) is 2.08. The first-order chi connectivity index (χ1) is 10.1. The van der Waals surface area contributed by atoms with E-state index in [0.29, 0.717) is 17.8 Å². The Morgan fingerprint density at radius 2 is 2.10 bits per heavy atom. The molecule has 2 aromatic rings. The highest BCUT2D eigenvalue weighted by molar-refractivity contribution is 6.07. The zero-order valence-corrected chi connectivity index (χ0v) is 11.6. The van der Waals surface area contributed by atoms with E-state index in [4.69, 9.17) is 9.52 Å². The molecule has 1 aromatic heterocycles. The van der Waals surface area contributed by atoms with Gasteiger partial charge in [-0.2, -0.15) is 0 Å². The molecule has 0 radical (unpaired) electrons. The summed E-state index contributed by atoms with van der Waals surface area (Å²) in [4.78, 5) is 25.6. The molecule has 1 fully saturated rings. The van der Waals surface area contributed by atoms with Gasteiger partial charge in [0.15, 0.2) is 5.54 Å². The number of furan rings is 1. The van der Waals surface area contributed by atoms with Gasteiger partial charge in [-0.15, -0.1) is 0 Å². The molecule has 0 bridgehead atoms. The first-order valence-electron chi connectivity index (χ1n) is 6.80. The van der Waals surface area contributed by atoms with E-state index in [1.165, 1.54) is 0 Å². The average molecular weight is 288 g/mol. The van der Waals surface area contributed by atoms with Gasteiger partial charge in [0, 0.05) is 18.5 Å². The second kappa shape index (κ2) is 4.89. The number of aliphatic hydroxyl groups is 1. The van der Waals surface area contributed by atoms with Crippen molar-refractivity contribution in [1.82, 2.24) is 10.2 Å². The molecule has 0 saturated carbocycles. The number of aliphatic hydroxyl groups excluding tert-OH is 1. The van der Waals surface area contributed by atoms with Crippen LogP contribution in [-0.4, -0.2) is 35.1 Å². The first-order valence-corrected chi connectivity index (χ1v) is 6.80. The van der Waals surface area contributed by atoms with Crippen LogP contribution in [0.3, 0.4) is 0 Å². The minimum atomic E-state index is -1.20. The van der Waals surface area contributed by atoms with Crippen LogP contribution in [0.15, 0.2) is 34.7 Å². The van der Waals surface area contributed by atoms with E-state index < -0.39 is 11.6 Å². The van der Waals surface area contributed by atoms with Gasteiger partial charge in [-0.05, 0) is 25.5 Å². The van der Waals surface area contributed by atoms with E-state index in [-0.39, 0.29) is 19.1 Å². The van der Waals surface area contributed by atoms with E-state index in [1.54, 1.807) is 13.0 Å². The molecule has 2 N–H and O–H groups in total. The summed E-state index contributed by atoms with van der Waals surface area (Å²) in [6, 6.07) is 8.73. The summed E-state index contributed by atoms with van der Waals surface area (Å²) < 4.78 is 5.71. The summed E-state index contributed by atoms with van der Waals surface area (Å²) in [7, 11) is 0. The van der Waals surface area contributed by atoms with Gasteiger partial charge in [0.1, 0.15) is 11.3 Å². The highest BCUT2D eigenvalue weighted by Gasteiger charge is 2.50. The quantitative estimate of drug-likeness (QED) is 0.837. The number of nitrogens with zero attached hydrogens (tertiary/aromatic N) is 1. The molecule has 1 saturated heterocycles. The number of benzene rings is 1. The Balaban J connectivity index is 1.96. The number of hydrogen-bond acceptors (Lipinski definition) is 4. The van der Waals surface area contributed by atoms with Gasteiger partial charge in [0.05, 0.1) is 0 Å². The van der Waals surface area contributed by atoms with Crippen LogP contribution in [0, 0.1) is 0 Å². The molecule has 1 atom stereocenters. The van der Waals surface area contributed by atoms with Crippen molar-refractivity contribution in [2.75, 3.05) is 13.2 Å². The molecule has 1 aromatic carbocycles. The van der Waals surface area contributed by atoms with E-state index in [0.717, 1.165) is 10.3 Å². The van der Waals surface area contributed by atoms with Gasteiger partial charge < -0.3 is 14.8 Å². The molecular formula is C15H16N2O4. The zero-order chi connectivity index (χ0) is 15.0. The lowest BCUT2D eigenvalue weighted by Crippen LogP contribution is -2.40. The van der Waals surface area contributed by atoms with E-state index in [2.05, 4.69) is 5.32 Å². The van der Waals surface area contributed by atoms with Gasteiger partial charge in [-0.1, -0.05) is 18.2 Å². The van der Waals surface area contributed by atoms with Gasteiger partial charge >= 0.3 is 6.03 Å². The number of carbonyl (C=O) groups is 2. The maximum Gasteiger partial charge on any atom is 0.325 e. The molecular weight excluding hydrogens is 272 g/mol. The lowest BCUT2D eigenvalue weighted by molar-refractivity contribution is -0.131. The smallest absolute Gasteiger partial charge is 0.325 e. The molecule has 3 amide bonds. The van der Waals surface area contributed by atoms with Crippen molar-refractivity contribution in [3.63, 3.8) is 0 Å². The predicted molar refractivity (Wildman–Crippen MR) is 75.5 cm³/mol. The predicted octanol–water partition coefficient (Wildman–Crippen LogP) is 1.58. The number of urea groups is 1. The highest BCUT2D eigenvalue weighted by atomic mass is 16.3. The summed E-state index contributed by atoms with van der Waals surface area (Å²) in [6.45, 7) is 1.75. The van der Waals surface area contributed by atoms with E-state index >= 15 is 0 Å². The van der Waals surface area contributed by atoms with Crippen LogP contribution in [0.1, 0.15) is 19.1 Å². The fourth-order valence-corrected chi connectivity index (χ4v) is 2.52. The lowest BCUT2D eigenvalue weighted by atomic mass is 9.99. The van der Waals surface area contributed by atoms with Gasteiger partial charge in [0.25, 0.3) is 5.91 Å². The number of fused-ring (bicyclic) bond motifs is 1. The Morgan fingerprint density at radius 3 is 2.81 bits per heavy atom. The summed E-state index contributed by atoms with van der Waals surface area (Å²) in [5, 5.41) is 12.4. The molecule has 1 aliphatic heterocycles. The number of imide groups is 1. The topological polar surface area (TPSA) is 82.8 Å². The summed E-state index contributed by atoms with van der Waals surface area (Å²) >= 11 is 0. The molecule has 6 nitrogen and oxygen atoms in total. The van der Waals surface area contributed by atoms with Crippen molar-refractivity contribution >= 4 is 22.9 Å². The Hall–Kier alpha value is -2.34. The van der Waals surface area contributed by atoms with Crippen LogP contribution >= 0.6 is 0 Å². The molecule has 21 heavy (non-hydrogen) atoms. The van der Waals surface area contributed by atoms with Crippen LogP contribution in [-0.2, 0) is 10.3 Å². The average Bonchev–Trinajstić information content (AvgIpc) is 2.99. The van der Waals surface area contributed by atoms with Crippen LogP contribution in [0.5, 0.6) is 0 Å². The molecule has 1 aliphatic rings. The third-order valence-corrected chi connectivity index (χ3v) is 3.73. The SMILES string of the molecule is CC1(c2cc3ccccc3o2)NC(=O)N(CCCO)C1=O. The summed E-state index contributed by atoms with van der Waals surface area (Å²) in [5.74, 6) is 0.0496.